The van der Waals surface area contributed by atoms with E-state index in [2.05, 4.69) is 32.7 Å². The van der Waals surface area contributed by atoms with Crippen molar-refractivity contribution in [2.45, 2.75) is 25.5 Å². The van der Waals surface area contributed by atoms with Crippen molar-refractivity contribution in [3.63, 3.8) is 0 Å². The van der Waals surface area contributed by atoms with Gasteiger partial charge in [0.05, 0.1) is 12.2 Å². The monoisotopic (exact) mass is 413 g/mol. The first-order valence-electron chi connectivity index (χ1n) is 10.1. The van der Waals surface area contributed by atoms with Gasteiger partial charge in [-0.2, -0.15) is 0 Å². The van der Waals surface area contributed by atoms with Crippen LogP contribution in [0.3, 0.4) is 0 Å². The second-order valence-corrected chi connectivity index (χ2v) is 8.08. The highest BCUT2D eigenvalue weighted by Gasteiger charge is 2.30. The number of thiazole rings is 1. The predicted molar refractivity (Wildman–Crippen MR) is 115 cm³/mol. The summed E-state index contributed by atoms with van der Waals surface area (Å²) in [6.45, 7) is 4.28. The zero-order chi connectivity index (χ0) is 20.1. The molecule has 154 valence electrons. The number of aliphatic imine (C=N–C) groups is 1. The molecule has 2 saturated heterocycles. The number of rotatable bonds is 4. The number of amides is 1. The molecule has 29 heavy (non-hydrogen) atoms. The minimum atomic E-state index is -0.234. The summed E-state index contributed by atoms with van der Waals surface area (Å²) in [5, 5.41) is 6.52. The van der Waals surface area contributed by atoms with Crippen molar-refractivity contribution >= 4 is 23.2 Å². The quantitative estimate of drug-likeness (QED) is 0.615. The minimum absolute atomic E-state index is 0.140. The van der Waals surface area contributed by atoms with Gasteiger partial charge in [0.15, 0.2) is 5.96 Å². The van der Waals surface area contributed by atoms with Crippen LogP contribution in [-0.4, -0.2) is 72.6 Å². The third-order valence-electron chi connectivity index (χ3n) is 5.31. The number of hydrogen-bond acceptors (Lipinski definition) is 5. The van der Waals surface area contributed by atoms with E-state index in [1.807, 2.05) is 23.1 Å². The fourth-order valence-corrected chi connectivity index (χ4v) is 4.54. The highest BCUT2D eigenvalue weighted by molar-refractivity contribution is 7.13. The number of benzene rings is 1. The molecular weight excluding hydrogens is 386 g/mol. The number of guanidine groups is 1. The Hall–Kier alpha value is -2.45. The van der Waals surface area contributed by atoms with Crippen molar-refractivity contribution in [3.8, 4) is 10.6 Å². The molecule has 0 aliphatic carbocycles. The van der Waals surface area contributed by atoms with Crippen molar-refractivity contribution in [1.82, 2.24) is 20.1 Å². The van der Waals surface area contributed by atoms with E-state index in [1.54, 1.807) is 18.4 Å². The average molecular weight is 414 g/mol. The lowest BCUT2D eigenvalue weighted by atomic mass is 10.2. The first-order chi connectivity index (χ1) is 14.2. The van der Waals surface area contributed by atoms with Crippen molar-refractivity contribution in [3.05, 3.63) is 41.4 Å². The van der Waals surface area contributed by atoms with Crippen LogP contribution >= 0.6 is 11.3 Å². The summed E-state index contributed by atoms with van der Waals surface area (Å²) in [5.41, 5.74) is 2.14. The maximum Gasteiger partial charge on any atom is 0.251 e. The Labute approximate surface area is 175 Å². The summed E-state index contributed by atoms with van der Waals surface area (Å²) >= 11 is 1.65. The van der Waals surface area contributed by atoms with E-state index < -0.39 is 0 Å². The van der Waals surface area contributed by atoms with E-state index in [4.69, 9.17) is 9.72 Å². The fourth-order valence-electron chi connectivity index (χ4n) is 3.72. The van der Waals surface area contributed by atoms with Gasteiger partial charge in [-0.1, -0.05) is 30.3 Å². The van der Waals surface area contributed by atoms with Crippen LogP contribution in [0.25, 0.3) is 10.6 Å². The minimum Gasteiger partial charge on any atom is -0.368 e. The molecule has 7 nitrogen and oxygen atoms in total. The summed E-state index contributed by atoms with van der Waals surface area (Å²) in [7, 11) is 1.79. The molecule has 1 atom stereocenters. The lowest BCUT2D eigenvalue weighted by molar-refractivity contribution is -0.142. The van der Waals surface area contributed by atoms with Crippen LogP contribution in [0.2, 0.25) is 0 Å². The number of carbonyl (C=O) groups is 1. The molecule has 2 fully saturated rings. The van der Waals surface area contributed by atoms with E-state index in [1.165, 1.54) is 0 Å². The molecule has 0 spiro atoms. The van der Waals surface area contributed by atoms with Gasteiger partial charge in [-0.15, -0.1) is 11.3 Å². The topological polar surface area (TPSA) is 70.1 Å². The Kier molecular flexibility index (Phi) is 6.41. The summed E-state index contributed by atoms with van der Waals surface area (Å²) in [4.78, 5) is 25.8. The normalized spacial score (nSPS) is 20.2. The molecule has 2 aliphatic rings. The van der Waals surface area contributed by atoms with Gasteiger partial charge >= 0.3 is 0 Å². The van der Waals surface area contributed by atoms with Gasteiger partial charge in [0.25, 0.3) is 5.91 Å². The van der Waals surface area contributed by atoms with Crippen LogP contribution in [0.15, 0.2) is 40.7 Å². The first-order valence-corrected chi connectivity index (χ1v) is 11.0. The third-order valence-corrected chi connectivity index (χ3v) is 6.25. The van der Waals surface area contributed by atoms with Crippen LogP contribution in [0, 0.1) is 0 Å². The molecule has 1 aromatic carbocycles. The van der Waals surface area contributed by atoms with Gasteiger partial charge < -0.3 is 19.9 Å². The SMILES string of the molecule is CN=C(NCc1csc(-c2ccccc2)n1)N1CCN(C(=O)C2CCCO2)CC1. The van der Waals surface area contributed by atoms with Crippen molar-refractivity contribution < 1.29 is 9.53 Å². The zero-order valence-electron chi connectivity index (χ0n) is 16.7. The van der Waals surface area contributed by atoms with E-state index in [9.17, 15) is 4.79 Å². The van der Waals surface area contributed by atoms with E-state index in [-0.39, 0.29) is 12.0 Å². The van der Waals surface area contributed by atoms with Crippen LogP contribution in [0.1, 0.15) is 18.5 Å². The summed E-state index contributed by atoms with van der Waals surface area (Å²) in [5.74, 6) is 0.990. The lowest BCUT2D eigenvalue weighted by Gasteiger charge is -2.37. The number of ether oxygens (including phenoxy) is 1. The standard InChI is InChI=1S/C21H27N5O2S/c1-22-21(23-14-17-15-29-19(24-17)16-6-3-2-4-7-16)26-11-9-25(10-12-26)20(27)18-8-5-13-28-18/h2-4,6-7,15,18H,5,8-14H2,1H3,(H,22,23). The highest BCUT2D eigenvalue weighted by atomic mass is 32.1. The third kappa shape index (κ3) is 4.76. The largest absolute Gasteiger partial charge is 0.368 e. The summed E-state index contributed by atoms with van der Waals surface area (Å²) in [6, 6.07) is 10.2. The maximum atomic E-state index is 12.5. The van der Waals surface area contributed by atoms with Crippen LogP contribution in [-0.2, 0) is 16.1 Å². The Morgan fingerprint density at radius 1 is 1.24 bits per heavy atom. The molecule has 3 heterocycles. The summed E-state index contributed by atoms with van der Waals surface area (Å²) < 4.78 is 5.54. The number of nitrogens with one attached hydrogen (secondary N) is 1. The maximum absolute atomic E-state index is 12.5. The fraction of sp³-hybridized carbons (Fsp3) is 0.476. The van der Waals surface area contributed by atoms with Gasteiger partial charge in [-0.25, -0.2) is 4.98 Å². The second kappa shape index (κ2) is 9.37. The Morgan fingerprint density at radius 2 is 2.00 bits per heavy atom. The van der Waals surface area contributed by atoms with Gasteiger partial charge in [0.1, 0.15) is 11.1 Å². The van der Waals surface area contributed by atoms with Gasteiger partial charge in [-0.05, 0) is 12.8 Å². The molecule has 1 unspecified atom stereocenters. The van der Waals surface area contributed by atoms with Crippen LogP contribution < -0.4 is 5.32 Å². The summed E-state index contributed by atoms with van der Waals surface area (Å²) in [6.07, 6.45) is 1.60. The predicted octanol–water partition coefficient (Wildman–Crippen LogP) is 2.21. The smallest absolute Gasteiger partial charge is 0.251 e. The van der Waals surface area contributed by atoms with Crippen LogP contribution in [0.4, 0.5) is 0 Å². The highest BCUT2D eigenvalue weighted by Crippen LogP contribution is 2.23. The molecule has 2 aliphatic heterocycles. The Balaban J connectivity index is 1.28. The molecule has 0 radical (unpaired) electrons. The molecule has 4 rings (SSSR count). The first kappa shape index (κ1) is 19.8. The van der Waals surface area contributed by atoms with Crippen molar-refractivity contribution in [1.29, 1.82) is 0 Å². The van der Waals surface area contributed by atoms with E-state index in [0.717, 1.165) is 48.2 Å². The Morgan fingerprint density at radius 3 is 2.69 bits per heavy atom. The number of nitrogens with zero attached hydrogens (tertiary/aromatic N) is 4. The van der Waals surface area contributed by atoms with Gasteiger partial charge in [0, 0.05) is 50.8 Å². The molecule has 0 saturated carbocycles. The van der Waals surface area contributed by atoms with Gasteiger partial charge in [0.2, 0.25) is 0 Å². The number of carbonyl (C=O) groups excluding carboxylic acids is 1. The molecule has 1 N–H and O–H groups in total. The molecule has 8 heteroatoms. The van der Waals surface area contributed by atoms with Crippen molar-refractivity contribution in [2.24, 2.45) is 4.99 Å². The lowest BCUT2D eigenvalue weighted by Crippen LogP contribution is -2.55. The average Bonchev–Trinajstić information content (AvgIpc) is 3.47. The molecule has 0 bridgehead atoms. The van der Waals surface area contributed by atoms with Gasteiger partial charge in [-0.3, -0.25) is 9.79 Å². The van der Waals surface area contributed by atoms with Crippen molar-refractivity contribution in [2.75, 3.05) is 39.8 Å². The number of piperazine rings is 1. The van der Waals surface area contributed by atoms with Crippen LogP contribution in [0.5, 0.6) is 0 Å². The second-order valence-electron chi connectivity index (χ2n) is 7.22. The molecule has 2 aromatic rings. The number of aromatic nitrogens is 1. The number of hydrogen-bond donors (Lipinski definition) is 1. The zero-order valence-corrected chi connectivity index (χ0v) is 17.5. The van der Waals surface area contributed by atoms with E-state index >= 15 is 0 Å². The molecular formula is C21H27N5O2S. The molecule has 1 aromatic heterocycles. The Bertz CT molecular complexity index is 840. The van der Waals surface area contributed by atoms with E-state index in [0.29, 0.717) is 26.2 Å². The molecule has 1 amide bonds.